The van der Waals surface area contributed by atoms with E-state index in [2.05, 4.69) is 10.4 Å². The van der Waals surface area contributed by atoms with Gasteiger partial charge in [-0.15, -0.1) is 0 Å². The minimum absolute atomic E-state index is 0.0185. The van der Waals surface area contributed by atoms with Crippen LogP contribution in [0.1, 0.15) is 16.1 Å². The molecule has 1 amide bonds. The van der Waals surface area contributed by atoms with Crippen LogP contribution in [0.5, 0.6) is 0 Å². The second-order valence-electron chi connectivity index (χ2n) is 3.94. The Morgan fingerprint density at radius 2 is 2.11 bits per heavy atom. The number of amides is 1. The van der Waals surface area contributed by atoms with Gasteiger partial charge in [0.2, 0.25) is 0 Å². The maximum atomic E-state index is 12.0. The normalized spacial score (nSPS) is 10.3. The molecule has 0 aliphatic carbocycles. The number of aryl methyl sites for hydroxylation is 1. The van der Waals surface area contributed by atoms with E-state index < -0.39 is 0 Å². The van der Waals surface area contributed by atoms with Crippen molar-refractivity contribution in [3.63, 3.8) is 0 Å². The lowest BCUT2D eigenvalue weighted by Gasteiger charge is -2.07. The highest BCUT2D eigenvalue weighted by Crippen LogP contribution is 2.11. The van der Waals surface area contributed by atoms with Gasteiger partial charge in [-0.1, -0.05) is 18.2 Å². The van der Waals surface area contributed by atoms with Crippen molar-refractivity contribution >= 4 is 11.7 Å². The van der Waals surface area contributed by atoms with Crippen LogP contribution in [0, 0.1) is 6.92 Å². The lowest BCUT2D eigenvalue weighted by atomic mass is 10.2. The molecular formula is C13H15N3O2. The van der Waals surface area contributed by atoms with E-state index in [9.17, 15) is 4.79 Å². The van der Waals surface area contributed by atoms with E-state index in [1.165, 1.54) is 0 Å². The van der Waals surface area contributed by atoms with Crippen LogP contribution >= 0.6 is 0 Å². The third-order valence-electron chi connectivity index (χ3n) is 2.49. The molecule has 18 heavy (non-hydrogen) atoms. The van der Waals surface area contributed by atoms with Gasteiger partial charge in [-0.2, -0.15) is 5.10 Å². The number of nitrogens with one attached hydrogen (secondary N) is 1. The SMILES string of the molecule is Cc1cc(NC(=O)c2ccccc2)n(CCO)n1. The molecule has 0 atom stereocenters. The Labute approximate surface area is 105 Å². The first-order valence-electron chi connectivity index (χ1n) is 5.72. The zero-order chi connectivity index (χ0) is 13.0. The number of benzene rings is 1. The molecule has 5 heteroatoms. The lowest BCUT2D eigenvalue weighted by molar-refractivity contribution is 0.102. The second-order valence-corrected chi connectivity index (χ2v) is 3.94. The van der Waals surface area contributed by atoms with E-state index >= 15 is 0 Å². The molecule has 2 N–H and O–H groups in total. The van der Waals surface area contributed by atoms with Crippen molar-refractivity contribution in [3.05, 3.63) is 47.7 Å². The maximum Gasteiger partial charge on any atom is 0.256 e. The number of hydrogen-bond donors (Lipinski definition) is 2. The van der Waals surface area contributed by atoms with Crippen LogP contribution < -0.4 is 5.32 Å². The molecule has 5 nitrogen and oxygen atoms in total. The number of carbonyl (C=O) groups is 1. The molecule has 2 rings (SSSR count). The van der Waals surface area contributed by atoms with E-state index in [-0.39, 0.29) is 12.5 Å². The van der Waals surface area contributed by atoms with E-state index in [0.29, 0.717) is 17.9 Å². The van der Waals surface area contributed by atoms with Crippen molar-refractivity contribution in [2.24, 2.45) is 0 Å². The van der Waals surface area contributed by atoms with Crippen LogP contribution in [0.2, 0.25) is 0 Å². The summed E-state index contributed by atoms with van der Waals surface area (Å²) in [7, 11) is 0. The summed E-state index contributed by atoms with van der Waals surface area (Å²) in [6.45, 7) is 2.18. The summed E-state index contributed by atoms with van der Waals surface area (Å²) in [5, 5.41) is 15.9. The van der Waals surface area contributed by atoms with Crippen LogP contribution in [-0.4, -0.2) is 27.4 Å². The van der Waals surface area contributed by atoms with Gasteiger partial charge in [0.1, 0.15) is 5.82 Å². The molecule has 0 fully saturated rings. The Hall–Kier alpha value is -2.14. The molecule has 2 aromatic rings. The average Bonchev–Trinajstić information content (AvgIpc) is 2.71. The third kappa shape index (κ3) is 2.75. The molecule has 0 bridgehead atoms. The minimum Gasteiger partial charge on any atom is -0.394 e. The number of nitrogens with zero attached hydrogens (tertiary/aromatic N) is 2. The summed E-state index contributed by atoms with van der Waals surface area (Å²) in [6.07, 6.45) is 0. The molecule has 0 radical (unpaired) electrons. The Balaban J connectivity index is 2.16. The zero-order valence-electron chi connectivity index (χ0n) is 10.1. The Bertz CT molecular complexity index is 534. The summed E-state index contributed by atoms with van der Waals surface area (Å²) >= 11 is 0. The number of rotatable bonds is 4. The first-order chi connectivity index (χ1) is 8.70. The van der Waals surface area contributed by atoms with Crippen molar-refractivity contribution in [3.8, 4) is 0 Å². The van der Waals surface area contributed by atoms with Gasteiger partial charge in [0, 0.05) is 11.6 Å². The molecule has 0 saturated heterocycles. The van der Waals surface area contributed by atoms with Crippen LogP contribution in [0.25, 0.3) is 0 Å². The minimum atomic E-state index is -0.185. The number of aliphatic hydroxyl groups excluding tert-OH is 1. The van der Waals surface area contributed by atoms with Gasteiger partial charge >= 0.3 is 0 Å². The summed E-state index contributed by atoms with van der Waals surface area (Å²) in [5.41, 5.74) is 1.39. The highest BCUT2D eigenvalue weighted by Gasteiger charge is 2.10. The quantitative estimate of drug-likeness (QED) is 0.856. The van der Waals surface area contributed by atoms with Gasteiger partial charge in [0.15, 0.2) is 0 Å². The molecule has 1 aromatic carbocycles. The molecule has 0 unspecified atom stereocenters. The smallest absolute Gasteiger partial charge is 0.256 e. The number of aliphatic hydroxyl groups is 1. The molecule has 0 spiro atoms. The largest absolute Gasteiger partial charge is 0.394 e. The van der Waals surface area contributed by atoms with Crippen LogP contribution in [-0.2, 0) is 6.54 Å². The molecule has 0 aliphatic heterocycles. The summed E-state index contributed by atoms with van der Waals surface area (Å²) in [5.74, 6) is 0.407. The predicted octanol–water partition coefficient (Wildman–Crippen LogP) is 1.44. The fraction of sp³-hybridized carbons (Fsp3) is 0.231. The second kappa shape index (κ2) is 5.46. The predicted molar refractivity (Wildman–Crippen MR) is 68.4 cm³/mol. The van der Waals surface area contributed by atoms with Gasteiger partial charge in [-0.05, 0) is 19.1 Å². The van der Waals surface area contributed by atoms with E-state index in [4.69, 9.17) is 5.11 Å². The maximum absolute atomic E-state index is 12.0. The van der Waals surface area contributed by atoms with Crippen LogP contribution in [0.15, 0.2) is 36.4 Å². The Morgan fingerprint density at radius 3 is 2.78 bits per heavy atom. The topological polar surface area (TPSA) is 67.2 Å². The molecule has 0 aliphatic rings. The van der Waals surface area contributed by atoms with Crippen LogP contribution in [0.3, 0.4) is 0 Å². The standard InChI is InChI=1S/C13H15N3O2/c1-10-9-12(16(15-10)7-8-17)14-13(18)11-5-3-2-4-6-11/h2-6,9,17H,7-8H2,1H3,(H,14,18). The fourth-order valence-electron chi connectivity index (χ4n) is 1.69. The highest BCUT2D eigenvalue weighted by molar-refractivity contribution is 6.03. The first kappa shape index (κ1) is 12.3. The summed E-state index contributed by atoms with van der Waals surface area (Å²) < 4.78 is 1.58. The van der Waals surface area contributed by atoms with Gasteiger partial charge < -0.3 is 10.4 Å². The van der Waals surface area contributed by atoms with Crippen molar-refractivity contribution < 1.29 is 9.90 Å². The van der Waals surface area contributed by atoms with E-state index in [1.807, 2.05) is 25.1 Å². The van der Waals surface area contributed by atoms with Gasteiger partial charge in [-0.25, -0.2) is 4.68 Å². The number of anilines is 1. The highest BCUT2D eigenvalue weighted by atomic mass is 16.3. The summed E-state index contributed by atoms with van der Waals surface area (Å²) in [6, 6.07) is 10.7. The monoisotopic (exact) mass is 245 g/mol. The fourth-order valence-corrected chi connectivity index (χ4v) is 1.69. The van der Waals surface area contributed by atoms with Crippen molar-refractivity contribution in [1.29, 1.82) is 0 Å². The molecular weight excluding hydrogens is 230 g/mol. The van der Waals surface area contributed by atoms with E-state index in [1.54, 1.807) is 22.9 Å². The van der Waals surface area contributed by atoms with Gasteiger partial charge in [-0.3, -0.25) is 4.79 Å². The number of aromatic nitrogens is 2. The van der Waals surface area contributed by atoms with Crippen molar-refractivity contribution in [2.75, 3.05) is 11.9 Å². The number of carbonyl (C=O) groups excluding carboxylic acids is 1. The summed E-state index contributed by atoms with van der Waals surface area (Å²) in [4.78, 5) is 12.0. The zero-order valence-corrected chi connectivity index (χ0v) is 10.1. The van der Waals surface area contributed by atoms with Crippen molar-refractivity contribution in [2.45, 2.75) is 13.5 Å². The molecule has 0 saturated carbocycles. The lowest BCUT2D eigenvalue weighted by Crippen LogP contribution is -2.16. The third-order valence-corrected chi connectivity index (χ3v) is 2.49. The molecule has 1 aromatic heterocycles. The Kier molecular flexibility index (Phi) is 3.74. The van der Waals surface area contributed by atoms with Gasteiger partial charge in [0.05, 0.1) is 18.8 Å². The van der Waals surface area contributed by atoms with Crippen molar-refractivity contribution in [1.82, 2.24) is 9.78 Å². The molecule has 1 heterocycles. The van der Waals surface area contributed by atoms with Crippen LogP contribution in [0.4, 0.5) is 5.82 Å². The Morgan fingerprint density at radius 1 is 1.39 bits per heavy atom. The first-order valence-corrected chi connectivity index (χ1v) is 5.72. The average molecular weight is 245 g/mol. The van der Waals surface area contributed by atoms with E-state index in [0.717, 1.165) is 5.69 Å². The number of hydrogen-bond acceptors (Lipinski definition) is 3. The van der Waals surface area contributed by atoms with Gasteiger partial charge in [0.25, 0.3) is 5.91 Å². The molecule has 94 valence electrons.